The van der Waals surface area contributed by atoms with Crippen molar-refractivity contribution in [3.8, 4) is 17.1 Å². The summed E-state index contributed by atoms with van der Waals surface area (Å²) >= 11 is 0. The molecule has 2 aromatic rings. The lowest BCUT2D eigenvalue weighted by molar-refractivity contribution is -0.151. The summed E-state index contributed by atoms with van der Waals surface area (Å²) < 4.78 is 15.5. The van der Waals surface area contributed by atoms with Crippen molar-refractivity contribution in [1.29, 1.82) is 0 Å². The van der Waals surface area contributed by atoms with E-state index in [0.29, 0.717) is 57.1 Å². The Morgan fingerprint density at radius 2 is 1.93 bits per heavy atom. The van der Waals surface area contributed by atoms with Crippen molar-refractivity contribution in [1.82, 2.24) is 15.0 Å². The SMILES string of the molecule is CCOC(=O)C1CCN(C(=O)CCc2nc(-c3ccc(OC)cc3)no2)CC1. The third kappa shape index (κ3) is 4.88. The first kappa shape index (κ1) is 19.9. The Kier molecular flexibility index (Phi) is 6.62. The van der Waals surface area contributed by atoms with Crippen LogP contribution in [0.2, 0.25) is 0 Å². The molecule has 0 N–H and O–H groups in total. The summed E-state index contributed by atoms with van der Waals surface area (Å²) in [6.07, 6.45) is 1.98. The molecule has 28 heavy (non-hydrogen) atoms. The number of likely N-dealkylation sites (tertiary alicyclic amines) is 1. The summed E-state index contributed by atoms with van der Waals surface area (Å²) in [4.78, 5) is 30.4. The van der Waals surface area contributed by atoms with E-state index in [0.717, 1.165) is 11.3 Å². The number of nitrogens with zero attached hydrogens (tertiary/aromatic N) is 3. The molecule has 8 nitrogen and oxygen atoms in total. The van der Waals surface area contributed by atoms with Crippen molar-refractivity contribution in [2.45, 2.75) is 32.6 Å². The molecular weight excluding hydrogens is 362 g/mol. The number of benzene rings is 1. The van der Waals surface area contributed by atoms with Crippen LogP contribution in [-0.2, 0) is 20.7 Å². The van der Waals surface area contributed by atoms with Crippen LogP contribution in [0.1, 0.15) is 32.1 Å². The Labute approximate surface area is 163 Å². The molecule has 1 aliphatic rings. The molecule has 1 aliphatic heterocycles. The number of piperidine rings is 1. The molecule has 0 radical (unpaired) electrons. The average Bonchev–Trinajstić information content (AvgIpc) is 3.21. The maximum atomic E-state index is 12.4. The van der Waals surface area contributed by atoms with Crippen LogP contribution in [0, 0.1) is 5.92 Å². The molecule has 0 unspecified atom stereocenters. The molecule has 1 fully saturated rings. The molecule has 3 rings (SSSR count). The lowest BCUT2D eigenvalue weighted by atomic mass is 9.97. The summed E-state index contributed by atoms with van der Waals surface area (Å²) in [5.74, 6) is 1.44. The minimum absolute atomic E-state index is 0.0338. The largest absolute Gasteiger partial charge is 0.497 e. The molecule has 2 heterocycles. The van der Waals surface area contributed by atoms with E-state index in [-0.39, 0.29) is 17.8 Å². The summed E-state index contributed by atoms with van der Waals surface area (Å²) in [7, 11) is 1.61. The fourth-order valence-corrected chi connectivity index (χ4v) is 3.21. The van der Waals surface area contributed by atoms with E-state index >= 15 is 0 Å². The topological polar surface area (TPSA) is 94.8 Å². The smallest absolute Gasteiger partial charge is 0.309 e. The average molecular weight is 387 g/mol. The second-order valence-corrected chi connectivity index (χ2v) is 6.65. The summed E-state index contributed by atoms with van der Waals surface area (Å²) in [6, 6.07) is 7.36. The number of hydrogen-bond donors (Lipinski definition) is 0. The van der Waals surface area contributed by atoms with Crippen LogP contribution in [-0.4, -0.2) is 53.7 Å². The second-order valence-electron chi connectivity index (χ2n) is 6.65. The van der Waals surface area contributed by atoms with Crippen molar-refractivity contribution in [2.75, 3.05) is 26.8 Å². The minimum Gasteiger partial charge on any atom is -0.497 e. The van der Waals surface area contributed by atoms with Gasteiger partial charge in [-0.15, -0.1) is 0 Å². The quantitative estimate of drug-likeness (QED) is 0.674. The predicted octanol–water partition coefficient (Wildman–Crippen LogP) is 2.48. The van der Waals surface area contributed by atoms with E-state index < -0.39 is 0 Å². The van der Waals surface area contributed by atoms with Crippen LogP contribution in [0.25, 0.3) is 11.4 Å². The predicted molar refractivity (Wildman–Crippen MR) is 101 cm³/mol. The number of ether oxygens (including phenoxy) is 2. The van der Waals surface area contributed by atoms with Crippen LogP contribution in [0.15, 0.2) is 28.8 Å². The zero-order valence-electron chi connectivity index (χ0n) is 16.2. The molecule has 1 saturated heterocycles. The van der Waals surface area contributed by atoms with Gasteiger partial charge in [-0.1, -0.05) is 5.16 Å². The maximum Gasteiger partial charge on any atom is 0.309 e. The molecule has 1 aromatic carbocycles. The van der Waals surface area contributed by atoms with Crippen molar-refractivity contribution in [3.63, 3.8) is 0 Å². The molecule has 1 amide bonds. The molecule has 0 spiro atoms. The van der Waals surface area contributed by atoms with Gasteiger partial charge in [0.1, 0.15) is 5.75 Å². The van der Waals surface area contributed by atoms with E-state index in [1.165, 1.54) is 0 Å². The van der Waals surface area contributed by atoms with Gasteiger partial charge in [-0.3, -0.25) is 9.59 Å². The second kappa shape index (κ2) is 9.34. The van der Waals surface area contributed by atoms with Gasteiger partial charge >= 0.3 is 5.97 Å². The molecule has 0 aliphatic carbocycles. The Hall–Kier alpha value is -2.90. The van der Waals surface area contributed by atoms with Crippen LogP contribution in [0.5, 0.6) is 5.75 Å². The minimum atomic E-state index is -0.161. The Morgan fingerprint density at radius 1 is 1.21 bits per heavy atom. The maximum absolute atomic E-state index is 12.4. The highest BCUT2D eigenvalue weighted by atomic mass is 16.5. The number of hydrogen-bond acceptors (Lipinski definition) is 7. The first-order valence-electron chi connectivity index (χ1n) is 9.52. The summed E-state index contributed by atoms with van der Waals surface area (Å²) in [6.45, 7) is 3.33. The first-order valence-corrected chi connectivity index (χ1v) is 9.52. The highest BCUT2D eigenvalue weighted by molar-refractivity contribution is 5.77. The standard InChI is InChI=1S/C20H25N3O5/c1-3-27-20(25)15-10-12-23(13-11-15)18(24)9-8-17-21-19(22-28-17)14-4-6-16(26-2)7-5-14/h4-7,15H,3,8-13H2,1-2H3. The number of carbonyl (C=O) groups is 2. The van der Waals surface area contributed by atoms with Gasteiger partial charge in [-0.25, -0.2) is 0 Å². The normalized spacial score (nSPS) is 14.7. The van der Waals surface area contributed by atoms with Gasteiger partial charge in [0.25, 0.3) is 0 Å². The van der Waals surface area contributed by atoms with Gasteiger partial charge in [0.05, 0.1) is 19.6 Å². The van der Waals surface area contributed by atoms with Crippen molar-refractivity contribution in [2.24, 2.45) is 5.92 Å². The molecule has 150 valence electrons. The fourth-order valence-electron chi connectivity index (χ4n) is 3.21. The zero-order chi connectivity index (χ0) is 19.9. The number of carbonyl (C=O) groups excluding carboxylic acids is 2. The van der Waals surface area contributed by atoms with E-state index in [1.807, 2.05) is 24.3 Å². The van der Waals surface area contributed by atoms with Gasteiger partial charge in [-0.2, -0.15) is 4.98 Å². The highest BCUT2D eigenvalue weighted by Crippen LogP contribution is 2.21. The van der Waals surface area contributed by atoms with E-state index in [2.05, 4.69) is 10.1 Å². The van der Waals surface area contributed by atoms with Gasteiger partial charge in [-0.05, 0) is 44.0 Å². The van der Waals surface area contributed by atoms with E-state index in [4.69, 9.17) is 14.0 Å². The van der Waals surface area contributed by atoms with Gasteiger partial charge in [0, 0.05) is 31.5 Å². The third-order valence-electron chi connectivity index (χ3n) is 4.84. The van der Waals surface area contributed by atoms with Crippen LogP contribution in [0.3, 0.4) is 0 Å². The lowest BCUT2D eigenvalue weighted by Crippen LogP contribution is -2.40. The van der Waals surface area contributed by atoms with Crippen molar-refractivity contribution < 1.29 is 23.6 Å². The van der Waals surface area contributed by atoms with E-state index in [9.17, 15) is 9.59 Å². The first-order chi connectivity index (χ1) is 13.6. The molecular formula is C20H25N3O5. The highest BCUT2D eigenvalue weighted by Gasteiger charge is 2.28. The fraction of sp³-hybridized carbons (Fsp3) is 0.500. The monoisotopic (exact) mass is 387 g/mol. The number of esters is 1. The van der Waals surface area contributed by atoms with Crippen LogP contribution in [0.4, 0.5) is 0 Å². The number of amides is 1. The Morgan fingerprint density at radius 3 is 2.57 bits per heavy atom. The van der Waals surface area contributed by atoms with Gasteiger partial charge in [0.15, 0.2) is 0 Å². The van der Waals surface area contributed by atoms with Gasteiger partial charge < -0.3 is 18.9 Å². The van der Waals surface area contributed by atoms with Gasteiger partial charge in [0.2, 0.25) is 17.6 Å². The van der Waals surface area contributed by atoms with E-state index in [1.54, 1.807) is 18.9 Å². The van der Waals surface area contributed by atoms with Crippen molar-refractivity contribution in [3.05, 3.63) is 30.2 Å². The van der Waals surface area contributed by atoms with Crippen molar-refractivity contribution >= 4 is 11.9 Å². The number of methoxy groups -OCH3 is 1. The molecule has 0 saturated carbocycles. The van der Waals surface area contributed by atoms with Crippen LogP contribution >= 0.6 is 0 Å². The molecule has 0 atom stereocenters. The Balaban J connectivity index is 1.47. The number of aryl methyl sites for hydroxylation is 1. The number of rotatable bonds is 7. The molecule has 1 aromatic heterocycles. The Bertz CT molecular complexity index is 794. The molecule has 0 bridgehead atoms. The lowest BCUT2D eigenvalue weighted by Gasteiger charge is -2.30. The van der Waals surface area contributed by atoms with Crippen LogP contribution < -0.4 is 4.74 Å². The zero-order valence-corrected chi connectivity index (χ0v) is 16.2. The summed E-state index contributed by atoms with van der Waals surface area (Å²) in [5.41, 5.74) is 0.822. The summed E-state index contributed by atoms with van der Waals surface area (Å²) in [5, 5.41) is 3.98. The number of aromatic nitrogens is 2. The third-order valence-corrected chi connectivity index (χ3v) is 4.84. The molecule has 8 heteroatoms.